The summed E-state index contributed by atoms with van der Waals surface area (Å²) in [6.45, 7) is 5.64. The Morgan fingerprint density at radius 2 is 1.72 bits per heavy atom. The number of benzene rings is 3. The molecule has 0 N–H and O–H groups in total. The van der Waals surface area contributed by atoms with Crippen LogP contribution in [0.3, 0.4) is 0 Å². The van der Waals surface area contributed by atoms with Crippen molar-refractivity contribution in [3.63, 3.8) is 0 Å². The highest BCUT2D eigenvalue weighted by molar-refractivity contribution is 7.87. The normalized spacial score (nSPS) is 17.6. The van der Waals surface area contributed by atoms with Crippen LogP contribution in [0.25, 0.3) is 22.4 Å². The quantitative estimate of drug-likeness (QED) is 0.0941. The standard InChI is InChI=1S/C34H31F3O9S/c1-19(2)7-6-13-33(3)14-12-22-24-17-28(44-18-42-4)26(15-20(24)8-11-27(22)45-33)29-30(38)25-16-21(43-5)9-10-23(25)31(39)32(29)46-47(40,41)34(35,36)37/h7-12,14-17H,6,13,18H2,1-5H3. The number of hydrogen-bond donors (Lipinski definition) is 0. The number of rotatable bonds is 10. The Morgan fingerprint density at radius 3 is 2.38 bits per heavy atom. The van der Waals surface area contributed by atoms with Crippen LogP contribution in [0.4, 0.5) is 13.2 Å². The molecular weight excluding hydrogens is 641 g/mol. The lowest BCUT2D eigenvalue weighted by atomic mass is 9.83. The van der Waals surface area contributed by atoms with Crippen LogP contribution in [0.5, 0.6) is 17.2 Å². The molecule has 1 unspecified atom stereocenters. The third kappa shape index (κ3) is 6.50. The minimum absolute atomic E-state index is 0.0916. The molecular formula is C34H31F3O9S. The van der Waals surface area contributed by atoms with E-state index >= 15 is 0 Å². The highest BCUT2D eigenvalue weighted by Crippen LogP contribution is 2.44. The first-order valence-electron chi connectivity index (χ1n) is 14.4. The Hall–Kier alpha value is -4.62. The summed E-state index contributed by atoms with van der Waals surface area (Å²) < 4.78 is 91.7. The summed E-state index contributed by atoms with van der Waals surface area (Å²) in [5, 5.41) is 1.06. The molecule has 0 aromatic heterocycles. The summed E-state index contributed by atoms with van der Waals surface area (Å²) in [6, 6.07) is 9.99. The van der Waals surface area contributed by atoms with Crippen molar-refractivity contribution in [3.8, 4) is 17.2 Å². The summed E-state index contributed by atoms with van der Waals surface area (Å²) in [5.74, 6) is -2.91. The summed E-state index contributed by atoms with van der Waals surface area (Å²) >= 11 is 0. The fraction of sp³-hybridized carbons (Fsp3) is 0.294. The number of fused-ring (bicyclic) bond motifs is 4. The zero-order valence-electron chi connectivity index (χ0n) is 26.1. The number of ether oxygens (including phenoxy) is 4. The second-order valence-corrected chi connectivity index (χ2v) is 13.0. The second-order valence-electron chi connectivity index (χ2n) is 11.4. The van der Waals surface area contributed by atoms with Crippen LogP contribution >= 0.6 is 0 Å². The smallest absolute Gasteiger partial charge is 0.497 e. The van der Waals surface area contributed by atoms with E-state index in [0.29, 0.717) is 28.5 Å². The van der Waals surface area contributed by atoms with Gasteiger partial charge in [0.2, 0.25) is 11.5 Å². The molecule has 47 heavy (non-hydrogen) atoms. The van der Waals surface area contributed by atoms with E-state index in [2.05, 4.69) is 10.3 Å². The summed E-state index contributed by atoms with van der Waals surface area (Å²) in [4.78, 5) is 27.6. The number of hydrogen-bond acceptors (Lipinski definition) is 9. The number of alkyl halides is 3. The summed E-state index contributed by atoms with van der Waals surface area (Å²) in [5.41, 5.74) is -6.15. The first-order chi connectivity index (χ1) is 22.1. The lowest BCUT2D eigenvalue weighted by Crippen LogP contribution is -2.31. The molecule has 3 aromatic rings. The zero-order chi connectivity index (χ0) is 34.3. The Balaban J connectivity index is 1.72. The molecule has 248 valence electrons. The molecule has 0 spiro atoms. The van der Waals surface area contributed by atoms with Gasteiger partial charge in [0.25, 0.3) is 0 Å². The predicted molar refractivity (Wildman–Crippen MR) is 168 cm³/mol. The van der Waals surface area contributed by atoms with Gasteiger partial charge in [-0.25, -0.2) is 0 Å². The summed E-state index contributed by atoms with van der Waals surface area (Å²) in [7, 11) is -3.72. The van der Waals surface area contributed by atoms with Gasteiger partial charge in [0, 0.05) is 29.4 Å². The van der Waals surface area contributed by atoms with E-state index in [1.165, 1.54) is 44.1 Å². The largest absolute Gasteiger partial charge is 0.534 e. The van der Waals surface area contributed by atoms with Gasteiger partial charge in [-0.15, -0.1) is 0 Å². The lowest BCUT2D eigenvalue weighted by Gasteiger charge is -2.32. The maximum absolute atomic E-state index is 14.0. The Morgan fingerprint density at radius 1 is 0.979 bits per heavy atom. The predicted octanol–water partition coefficient (Wildman–Crippen LogP) is 7.40. The monoisotopic (exact) mass is 672 g/mol. The topological polar surface area (TPSA) is 114 Å². The molecule has 1 atom stereocenters. The first kappa shape index (κ1) is 33.7. The molecule has 5 rings (SSSR count). The zero-order valence-corrected chi connectivity index (χ0v) is 26.9. The Labute approximate surface area is 269 Å². The van der Waals surface area contributed by atoms with Crippen LogP contribution in [-0.2, 0) is 19.0 Å². The van der Waals surface area contributed by atoms with E-state index in [1.54, 1.807) is 12.1 Å². The molecule has 2 aliphatic rings. The van der Waals surface area contributed by atoms with Gasteiger partial charge in [-0.05, 0) is 86.9 Å². The fourth-order valence-corrected chi connectivity index (χ4v) is 5.84. The van der Waals surface area contributed by atoms with Crippen molar-refractivity contribution in [2.75, 3.05) is 21.0 Å². The van der Waals surface area contributed by atoms with E-state index < -0.39 is 44.1 Å². The molecule has 1 aliphatic heterocycles. The average Bonchev–Trinajstić information content (AvgIpc) is 3.01. The SMILES string of the molecule is COCOc1cc2c3c(ccc2cc1C1=C(OS(=O)(=O)C(F)(F)F)C(=O)c2ccc(OC)cc2C1=O)OC(C)(CCC=C(C)C)C=C3. The molecule has 13 heteroatoms. The molecule has 3 aromatic carbocycles. The van der Waals surface area contributed by atoms with Crippen LogP contribution in [0.2, 0.25) is 0 Å². The van der Waals surface area contributed by atoms with Crippen molar-refractivity contribution >= 4 is 44.1 Å². The maximum atomic E-state index is 14.0. The van der Waals surface area contributed by atoms with Crippen LogP contribution in [0.1, 0.15) is 65.5 Å². The minimum atomic E-state index is -6.37. The number of carbonyl (C=O) groups excluding carboxylic acids is 2. The van der Waals surface area contributed by atoms with Gasteiger partial charge in [-0.3, -0.25) is 9.59 Å². The van der Waals surface area contributed by atoms with E-state index in [1.807, 2.05) is 32.9 Å². The van der Waals surface area contributed by atoms with E-state index in [-0.39, 0.29) is 35.0 Å². The van der Waals surface area contributed by atoms with Crippen molar-refractivity contribution in [3.05, 3.63) is 88.2 Å². The van der Waals surface area contributed by atoms with E-state index in [9.17, 15) is 31.2 Å². The average molecular weight is 673 g/mol. The van der Waals surface area contributed by atoms with Gasteiger partial charge in [0.15, 0.2) is 12.6 Å². The molecule has 9 nitrogen and oxygen atoms in total. The van der Waals surface area contributed by atoms with Gasteiger partial charge < -0.3 is 23.1 Å². The molecule has 1 aliphatic carbocycles. The number of Topliss-reactive ketones (excluding diaryl/α,β-unsaturated/α-hetero) is 2. The fourth-order valence-electron chi connectivity index (χ4n) is 5.37. The lowest BCUT2D eigenvalue weighted by molar-refractivity contribution is -0.0520. The number of carbonyl (C=O) groups is 2. The van der Waals surface area contributed by atoms with Gasteiger partial charge in [0.1, 0.15) is 22.8 Å². The minimum Gasteiger partial charge on any atom is -0.497 e. The maximum Gasteiger partial charge on any atom is 0.534 e. The molecule has 0 saturated carbocycles. The number of ketones is 2. The van der Waals surface area contributed by atoms with Crippen molar-refractivity contribution in [2.24, 2.45) is 0 Å². The molecule has 0 saturated heterocycles. The second kappa shape index (κ2) is 12.5. The molecule has 0 fully saturated rings. The number of methoxy groups -OCH3 is 2. The third-order valence-electron chi connectivity index (χ3n) is 7.72. The van der Waals surface area contributed by atoms with Crippen molar-refractivity contribution in [2.45, 2.75) is 44.7 Å². The van der Waals surface area contributed by atoms with Crippen LogP contribution in [-0.4, -0.2) is 52.1 Å². The van der Waals surface area contributed by atoms with Crippen molar-refractivity contribution < 1.29 is 54.3 Å². The van der Waals surface area contributed by atoms with Crippen LogP contribution < -0.4 is 14.2 Å². The highest BCUT2D eigenvalue weighted by atomic mass is 32.2. The Kier molecular flexibility index (Phi) is 8.99. The third-order valence-corrected chi connectivity index (χ3v) is 8.67. The summed E-state index contributed by atoms with van der Waals surface area (Å²) in [6.07, 6.45) is 7.47. The van der Waals surface area contributed by atoms with Gasteiger partial charge in [-0.1, -0.05) is 23.8 Å². The number of halogens is 3. The van der Waals surface area contributed by atoms with Gasteiger partial charge >= 0.3 is 15.6 Å². The van der Waals surface area contributed by atoms with E-state index in [4.69, 9.17) is 18.9 Å². The highest BCUT2D eigenvalue weighted by Gasteiger charge is 2.51. The van der Waals surface area contributed by atoms with Crippen LogP contribution in [0, 0.1) is 0 Å². The first-order valence-corrected chi connectivity index (χ1v) is 15.8. The molecule has 0 amide bonds. The number of allylic oxidation sites excluding steroid dienone is 4. The van der Waals surface area contributed by atoms with Crippen molar-refractivity contribution in [1.29, 1.82) is 0 Å². The molecule has 0 bridgehead atoms. The molecule has 0 radical (unpaired) electrons. The van der Waals surface area contributed by atoms with Crippen molar-refractivity contribution in [1.82, 2.24) is 0 Å². The molecule has 1 heterocycles. The Bertz CT molecular complexity index is 1990. The van der Waals surface area contributed by atoms with Crippen LogP contribution in [0.15, 0.2) is 65.9 Å². The van der Waals surface area contributed by atoms with Gasteiger partial charge in [0.05, 0.1) is 12.7 Å². The van der Waals surface area contributed by atoms with Gasteiger partial charge in [-0.2, -0.15) is 21.6 Å². The van der Waals surface area contributed by atoms with E-state index in [0.717, 1.165) is 12.5 Å².